The molecule has 1 saturated heterocycles. The minimum Gasteiger partial charge on any atom is -0.374 e. The Bertz CT molecular complexity index is 244. The second kappa shape index (κ2) is 3.28. The molecule has 0 aliphatic carbocycles. The summed E-state index contributed by atoms with van der Waals surface area (Å²) in [4.78, 5) is 0. The average molecular weight is 162 g/mol. The molecule has 1 unspecified atom stereocenters. The van der Waals surface area contributed by atoms with Crippen molar-refractivity contribution in [2.75, 3.05) is 6.61 Å². The van der Waals surface area contributed by atoms with Gasteiger partial charge in [-0.3, -0.25) is 0 Å². The van der Waals surface area contributed by atoms with Gasteiger partial charge in [0.2, 0.25) is 0 Å². The van der Waals surface area contributed by atoms with Crippen LogP contribution in [0.15, 0.2) is 24.3 Å². The van der Waals surface area contributed by atoms with Crippen LogP contribution in [0, 0.1) is 6.92 Å². The molecule has 0 spiro atoms. The lowest BCUT2D eigenvalue weighted by Gasteiger charge is -2.08. The number of hydrogen-bond acceptors (Lipinski definition) is 1. The molecule has 0 saturated carbocycles. The van der Waals surface area contributed by atoms with E-state index in [0.29, 0.717) is 6.10 Å². The van der Waals surface area contributed by atoms with Gasteiger partial charge in [0, 0.05) is 6.61 Å². The Balaban J connectivity index is 2.17. The van der Waals surface area contributed by atoms with Crippen molar-refractivity contribution in [3.8, 4) is 0 Å². The van der Waals surface area contributed by atoms with Gasteiger partial charge in [-0.05, 0) is 25.3 Å². The van der Waals surface area contributed by atoms with Crippen LogP contribution in [0.1, 0.15) is 30.1 Å². The highest BCUT2D eigenvalue weighted by Crippen LogP contribution is 2.28. The summed E-state index contributed by atoms with van der Waals surface area (Å²) < 4.78 is 5.58. The standard InChI is InChI=1S/C11H14O/c1-9-4-6-10(7-5-9)11-3-2-8-12-11/h4-7,11H,2-3,8H2,1H3. The first-order valence-electron chi connectivity index (χ1n) is 4.54. The van der Waals surface area contributed by atoms with Gasteiger partial charge in [0.1, 0.15) is 0 Å². The number of hydrogen-bond donors (Lipinski definition) is 0. The largest absolute Gasteiger partial charge is 0.374 e. The van der Waals surface area contributed by atoms with E-state index in [9.17, 15) is 0 Å². The summed E-state index contributed by atoms with van der Waals surface area (Å²) in [6, 6.07) is 8.64. The molecule has 2 rings (SSSR count). The van der Waals surface area contributed by atoms with Crippen molar-refractivity contribution in [2.45, 2.75) is 25.9 Å². The molecule has 0 radical (unpaired) electrons. The lowest BCUT2D eigenvalue weighted by atomic mass is 10.1. The molecule has 1 heteroatoms. The highest BCUT2D eigenvalue weighted by molar-refractivity contribution is 5.23. The van der Waals surface area contributed by atoms with E-state index in [1.165, 1.54) is 24.0 Å². The minimum absolute atomic E-state index is 0.366. The van der Waals surface area contributed by atoms with Crippen LogP contribution in [-0.4, -0.2) is 6.61 Å². The van der Waals surface area contributed by atoms with Gasteiger partial charge in [-0.1, -0.05) is 29.8 Å². The first-order valence-corrected chi connectivity index (χ1v) is 4.54. The molecule has 1 aliphatic heterocycles. The molecule has 12 heavy (non-hydrogen) atoms. The van der Waals surface area contributed by atoms with Gasteiger partial charge in [0.05, 0.1) is 6.10 Å². The summed E-state index contributed by atoms with van der Waals surface area (Å²) >= 11 is 0. The second-order valence-electron chi connectivity index (χ2n) is 3.41. The van der Waals surface area contributed by atoms with Gasteiger partial charge < -0.3 is 4.74 Å². The Morgan fingerprint density at radius 3 is 2.58 bits per heavy atom. The maximum Gasteiger partial charge on any atom is 0.0825 e. The molecule has 1 fully saturated rings. The number of ether oxygens (including phenoxy) is 1. The van der Waals surface area contributed by atoms with E-state index in [1.807, 2.05) is 0 Å². The molecule has 1 aromatic carbocycles. The summed E-state index contributed by atoms with van der Waals surface area (Å²) in [7, 11) is 0. The Morgan fingerprint density at radius 1 is 1.25 bits per heavy atom. The highest BCUT2D eigenvalue weighted by atomic mass is 16.5. The predicted molar refractivity (Wildman–Crippen MR) is 49.1 cm³/mol. The zero-order chi connectivity index (χ0) is 8.39. The van der Waals surface area contributed by atoms with Crippen molar-refractivity contribution in [3.05, 3.63) is 35.4 Å². The average Bonchev–Trinajstić information content (AvgIpc) is 2.58. The fraction of sp³-hybridized carbons (Fsp3) is 0.455. The summed E-state index contributed by atoms with van der Waals surface area (Å²) in [5, 5.41) is 0. The van der Waals surface area contributed by atoms with Crippen molar-refractivity contribution in [1.29, 1.82) is 0 Å². The summed E-state index contributed by atoms with van der Waals surface area (Å²) in [6.07, 6.45) is 2.76. The van der Waals surface area contributed by atoms with Crippen molar-refractivity contribution in [1.82, 2.24) is 0 Å². The van der Waals surface area contributed by atoms with Crippen LogP contribution < -0.4 is 0 Å². The quantitative estimate of drug-likeness (QED) is 0.617. The van der Waals surface area contributed by atoms with E-state index in [0.717, 1.165) is 6.61 Å². The molecule has 1 aromatic rings. The molecular formula is C11H14O. The molecule has 1 nitrogen and oxygen atoms in total. The molecule has 1 heterocycles. The van der Waals surface area contributed by atoms with Crippen LogP contribution in [0.5, 0.6) is 0 Å². The summed E-state index contributed by atoms with van der Waals surface area (Å²) in [5.74, 6) is 0. The third-order valence-corrected chi connectivity index (χ3v) is 2.38. The van der Waals surface area contributed by atoms with Crippen LogP contribution in [0.4, 0.5) is 0 Å². The van der Waals surface area contributed by atoms with Crippen LogP contribution in [0.2, 0.25) is 0 Å². The molecule has 0 bridgehead atoms. The fourth-order valence-corrected chi connectivity index (χ4v) is 1.62. The monoisotopic (exact) mass is 162 g/mol. The summed E-state index contributed by atoms with van der Waals surface area (Å²) in [6.45, 7) is 3.04. The van der Waals surface area contributed by atoms with Gasteiger partial charge in [-0.25, -0.2) is 0 Å². The predicted octanol–water partition coefficient (Wildman–Crippen LogP) is 2.85. The molecule has 1 aliphatic rings. The maximum atomic E-state index is 5.58. The van der Waals surface area contributed by atoms with E-state index >= 15 is 0 Å². The second-order valence-corrected chi connectivity index (χ2v) is 3.41. The molecule has 0 aromatic heterocycles. The maximum absolute atomic E-state index is 5.58. The van der Waals surface area contributed by atoms with E-state index in [-0.39, 0.29) is 0 Å². The third-order valence-electron chi connectivity index (χ3n) is 2.38. The first kappa shape index (κ1) is 7.81. The van der Waals surface area contributed by atoms with E-state index in [1.54, 1.807) is 0 Å². The Labute approximate surface area is 73.4 Å². The summed E-state index contributed by atoms with van der Waals surface area (Å²) in [5.41, 5.74) is 2.65. The van der Waals surface area contributed by atoms with Crippen molar-refractivity contribution < 1.29 is 4.74 Å². The molecular weight excluding hydrogens is 148 g/mol. The Hall–Kier alpha value is -0.820. The van der Waals surface area contributed by atoms with E-state index < -0.39 is 0 Å². The SMILES string of the molecule is Cc1ccc(C2CCCO2)cc1. The lowest BCUT2D eigenvalue weighted by Crippen LogP contribution is -1.94. The first-order chi connectivity index (χ1) is 5.86. The van der Waals surface area contributed by atoms with Crippen LogP contribution in [-0.2, 0) is 4.74 Å². The third kappa shape index (κ3) is 1.51. The number of benzene rings is 1. The van der Waals surface area contributed by atoms with Gasteiger partial charge in [0.15, 0.2) is 0 Å². The van der Waals surface area contributed by atoms with E-state index in [2.05, 4.69) is 31.2 Å². The van der Waals surface area contributed by atoms with Crippen molar-refractivity contribution >= 4 is 0 Å². The zero-order valence-corrected chi connectivity index (χ0v) is 7.42. The van der Waals surface area contributed by atoms with Crippen LogP contribution in [0.25, 0.3) is 0 Å². The highest BCUT2D eigenvalue weighted by Gasteiger charge is 2.16. The number of rotatable bonds is 1. The van der Waals surface area contributed by atoms with Crippen LogP contribution >= 0.6 is 0 Å². The molecule has 1 atom stereocenters. The molecule has 0 N–H and O–H groups in total. The van der Waals surface area contributed by atoms with E-state index in [4.69, 9.17) is 4.74 Å². The molecule has 0 amide bonds. The van der Waals surface area contributed by atoms with Crippen molar-refractivity contribution in [2.24, 2.45) is 0 Å². The molecule has 64 valence electrons. The van der Waals surface area contributed by atoms with Gasteiger partial charge in [-0.15, -0.1) is 0 Å². The van der Waals surface area contributed by atoms with Crippen molar-refractivity contribution in [3.63, 3.8) is 0 Å². The topological polar surface area (TPSA) is 9.23 Å². The zero-order valence-electron chi connectivity index (χ0n) is 7.42. The smallest absolute Gasteiger partial charge is 0.0825 e. The minimum atomic E-state index is 0.366. The number of aryl methyl sites for hydroxylation is 1. The fourth-order valence-electron chi connectivity index (χ4n) is 1.62. The Morgan fingerprint density at radius 2 is 2.00 bits per heavy atom. The van der Waals surface area contributed by atoms with Crippen LogP contribution in [0.3, 0.4) is 0 Å². The van der Waals surface area contributed by atoms with Gasteiger partial charge >= 0.3 is 0 Å². The Kier molecular flexibility index (Phi) is 2.13. The normalized spacial score (nSPS) is 22.9. The lowest BCUT2D eigenvalue weighted by molar-refractivity contribution is 0.112. The van der Waals surface area contributed by atoms with Gasteiger partial charge in [0.25, 0.3) is 0 Å². The van der Waals surface area contributed by atoms with Gasteiger partial charge in [-0.2, -0.15) is 0 Å².